The molecule has 1 nitrogen and oxygen atoms in total. The smallest absolute Gasteiger partial charge is 0.0417 e. The van der Waals surface area contributed by atoms with Gasteiger partial charge in [0.2, 0.25) is 0 Å². The van der Waals surface area contributed by atoms with Crippen molar-refractivity contribution in [2.45, 2.75) is 49.6 Å². The van der Waals surface area contributed by atoms with E-state index in [1.807, 2.05) is 6.07 Å². The number of rotatable bonds is 4. The van der Waals surface area contributed by atoms with Gasteiger partial charge in [-0.2, -0.15) is 0 Å². The van der Waals surface area contributed by atoms with Crippen LogP contribution in [0.15, 0.2) is 52.3 Å². The van der Waals surface area contributed by atoms with Gasteiger partial charge in [0.05, 0.1) is 0 Å². The molecule has 2 aromatic rings. The minimum absolute atomic E-state index is 0.101. The molecular weight excluding hydrogens is 298 g/mol. The third-order valence-electron chi connectivity index (χ3n) is 3.15. The molecule has 0 heterocycles. The Morgan fingerprint density at radius 2 is 1.76 bits per heavy atom. The Kier molecular flexibility index (Phi) is 5.37. The van der Waals surface area contributed by atoms with Crippen LogP contribution in [-0.2, 0) is 6.54 Å². The number of aryl methyl sites for hydroxylation is 1. The molecule has 112 valence electrons. The van der Waals surface area contributed by atoms with Crippen molar-refractivity contribution in [3.63, 3.8) is 0 Å². The zero-order valence-electron chi connectivity index (χ0n) is 13.0. The second kappa shape index (κ2) is 6.87. The van der Waals surface area contributed by atoms with Gasteiger partial charge in [-0.05, 0) is 57.0 Å². The van der Waals surface area contributed by atoms with Crippen LogP contribution >= 0.6 is 23.4 Å². The van der Waals surface area contributed by atoms with Crippen LogP contribution < -0.4 is 5.32 Å². The van der Waals surface area contributed by atoms with Crippen LogP contribution in [0.4, 0.5) is 0 Å². The zero-order chi connectivity index (χ0) is 15.5. The average Bonchev–Trinajstić information content (AvgIpc) is 2.39. The summed E-state index contributed by atoms with van der Waals surface area (Å²) in [7, 11) is 0. The number of nitrogens with one attached hydrogen (secondary N) is 1. The molecule has 2 rings (SSSR count). The van der Waals surface area contributed by atoms with Crippen molar-refractivity contribution in [3.05, 3.63) is 58.6 Å². The maximum absolute atomic E-state index is 6.18. The van der Waals surface area contributed by atoms with Crippen molar-refractivity contribution < 1.29 is 0 Å². The van der Waals surface area contributed by atoms with Gasteiger partial charge < -0.3 is 5.32 Å². The van der Waals surface area contributed by atoms with Crippen LogP contribution in [0, 0.1) is 6.92 Å². The number of halogens is 1. The lowest BCUT2D eigenvalue weighted by Crippen LogP contribution is -2.35. The van der Waals surface area contributed by atoms with Crippen LogP contribution in [0.25, 0.3) is 0 Å². The molecule has 21 heavy (non-hydrogen) atoms. The van der Waals surface area contributed by atoms with E-state index in [9.17, 15) is 0 Å². The number of benzene rings is 2. The zero-order valence-corrected chi connectivity index (χ0v) is 14.6. The summed E-state index contributed by atoms with van der Waals surface area (Å²) in [4.78, 5) is 2.49. The third kappa shape index (κ3) is 5.06. The number of hydrogen-bond donors (Lipinski definition) is 1. The highest BCUT2D eigenvalue weighted by molar-refractivity contribution is 7.99. The topological polar surface area (TPSA) is 12.0 Å². The van der Waals surface area contributed by atoms with Crippen molar-refractivity contribution >= 4 is 23.4 Å². The van der Waals surface area contributed by atoms with E-state index in [0.717, 1.165) is 11.6 Å². The first-order valence-corrected chi connectivity index (χ1v) is 8.31. The molecule has 0 unspecified atom stereocenters. The summed E-state index contributed by atoms with van der Waals surface area (Å²) in [5, 5.41) is 4.32. The molecule has 0 saturated heterocycles. The van der Waals surface area contributed by atoms with Gasteiger partial charge >= 0.3 is 0 Å². The molecule has 0 aromatic heterocycles. The van der Waals surface area contributed by atoms with Crippen LogP contribution in [0.5, 0.6) is 0 Å². The Labute approximate surface area is 137 Å². The summed E-state index contributed by atoms with van der Waals surface area (Å²) in [5.41, 5.74) is 2.67. The van der Waals surface area contributed by atoms with Crippen LogP contribution in [0.3, 0.4) is 0 Å². The van der Waals surface area contributed by atoms with E-state index in [2.05, 4.69) is 69.4 Å². The van der Waals surface area contributed by atoms with Gasteiger partial charge in [-0.25, -0.2) is 0 Å². The number of hydrogen-bond acceptors (Lipinski definition) is 2. The Balaban J connectivity index is 2.25. The molecule has 0 aliphatic rings. The molecular formula is C18H22ClNS. The predicted octanol–water partition coefficient (Wildman–Crippen LogP) is 5.69. The predicted molar refractivity (Wildman–Crippen MR) is 93.3 cm³/mol. The van der Waals surface area contributed by atoms with Gasteiger partial charge in [-0.1, -0.05) is 47.6 Å². The van der Waals surface area contributed by atoms with Gasteiger partial charge in [0, 0.05) is 26.9 Å². The monoisotopic (exact) mass is 319 g/mol. The van der Waals surface area contributed by atoms with E-state index in [0.29, 0.717) is 0 Å². The molecule has 3 heteroatoms. The minimum Gasteiger partial charge on any atom is -0.308 e. The van der Waals surface area contributed by atoms with Crippen molar-refractivity contribution in [3.8, 4) is 0 Å². The van der Waals surface area contributed by atoms with Crippen molar-refractivity contribution in [1.29, 1.82) is 0 Å². The third-order valence-corrected chi connectivity index (χ3v) is 4.66. The summed E-state index contributed by atoms with van der Waals surface area (Å²) >= 11 is 7.96. The fraction of sp³-hybridized carbons (Fsp3) is 0.333. The fourth-order valence-corrected chi connectivity index (χ4v) is 3.23. The first-order chi connectivity index (χ1) is 9.85. The first kappa shape index (κ1) is 16.4. The Morgan fingerprint density at radius 1 is 1.05 bits per heavy atom. The quantitative estimate of drug-likeness (QED) is 0.777. The van der Waals surface area contributed by atoms with Crippen molar-refractivity contribution in [2.75, 3.05) is 0 Å². The molecule has 0 atom stereocenters. The average molecular weight is 320 g/mol. The molecule has 0 aliphatic heterocycles. The standard InChI is InChI=1S/C18H22ClNS/c1-13-7-5-6-8-16(13)21-17-11-15(19)10-9-14(17)12-20-18(2,3)4/h5-11,20H,12H2,1-4H3. The Bertz CT molecular complexity index is 617. The second-order valence-corrected chi connectivity index (χ2v) is 7.74. The van der Waals surface area contributed by atoms with E-state index >= 15 is 0 Å². The second-order valence-electron chi connectivity index (χ2n) is 6.22. The van der Waals surface area contributed by atoms with Crippen molar-refractivity contribution in [2.24, 2.45) is 0 Å². The SMILES string of the molecule is Cc1ccccc1Sc1cc(Cl)ccc1CNC(C)(C)C. The lowest BCUT2D eigenvalue weighted by Gasteiger charge is -2.21. The van der Waals surface area contributed by atoms with E-state index in [1.54, 1.807) is 11.8 Å². The lowest BCUT2D eigenvalue weighted by molar-refractivity contribution is 0.422. The van der Waals surface area contributed by atoms with Gasteiger partial charge in [0.15, 0.2) is 0 Å². The molecule has 0 bridgehead atoms. The fourth-order valence-electron chi connectivity index (χ4n) is 1.92. The van der Waals surface area contributed by atoms with E-state index in [4.69, 9.17) is 11.6 Å². The van der Waals surface area contributed by atoms with Crippen LogP contribution in [-0.4, -0.2) is 5.54 Å². The van der Waals surface area contributed by atoms with Crippen LogP contribution in [0.2, 0.25) is 5.02 Å². The molecule has 2 aromatic carbocycles. The van der Waals surface area contributed by atoms with E-state index in [-0.39, 0.29) is 5.54 Å². The van der Waals surface area contributed by atoms with Gasteiger partial charge in [0.25, 0.3) is 0 Å². The summed E-state index contributed by atoms with van der Waals surface area (Å²) in [6.07, 6.45) is 0. The summed E-state index contributed by atoms with van der Waals surface area (Å²) in [6.45, 7) is 9.51. The van der Waals surface area contributed by atoms with Crippen molar-refractivity contribution in [1.82, 2.24) is 5.32 Å². The van der Waals surface area contributed by atoms with Crippen LogP contribution in [0.1, 0.15) is 31.9 Å². The summed E-state index contributed by atoms with van der Waals surface area (Å²) in [6, 6.07) is 14.6. The molecule has 0 saturated carbocycles. The largest absolute Gasteiger partial charge is 0.308 e. The Morgan fingerprint density at radius 3 is 2.43 bits per heavy atom. The first-order valence-electron chi connectivity index (χ1n) is 7.12. The lowest BCUT2D eigenvalue weighted by atomic mass is 10.1. The summed E-state index contributed by atoms with van der Waals surface area (Å²) in [5.74, 6) is 0. The summed E-state index contributed by atoms with van der Waals surface area (Å²) < 4.78 is 0. The molecule has 0 fully saturated rings. The van der Waals surface area contributed by atoms with E-state index < -0.39 is 0 Å². The molecule has 0 amide bonds. The van der Waals surface area contributed by atoms with Gasteiger partial charge in [0.1, 0.15) is 0 Å². The van der Waals surface area contributed by atoms with Gasteiger partial charge in [-0.15, -0.1) is 0 Å². The highest BCUT2D eigenvalue weighted by Gasteiger charge is 2.12. The molecule has 1 N–H and O–H groups in total. The maximum atomic E-state index is 6.18. The molecule has 0 spiro atoms. The van der Waals surface area contributed by atoms with E-state index in [1.165, 1.54) is 20.9 Å². The maximum Gasteiger partial charge on any atom is 0.0417 e. The highest BCUT2D eigenvalue weighted by atomic mass is 35.5. The Hall–Kier alpha value is -0.960. The molecule has 0 radical (unpaired) electrons. The highest BCUT2D eigenvalue weighted by Crippen LogP contribution is 2.34. The normalized spacial score (nSPS) is 11.7. The van der Waals surface area contributed by atoms with Gasteiger partial charge in [-0.3, -0.25) is 0 Å². The molecule has 0 aliphatic carbocycles. The minimum atomic E-state index is 0.101.